The number of rotatable bonds is 3. The van der Waals surface area contributed by atoms with Gasteiger partial charge >= 0.3 is 0 Å². The van der Waals surface area contributed by atoms with Gasteiger partial charge in [0.05, 0.1) is 17.3 Å². The highest BCUT2D eigenvalue weighted by molar-refractivity contribution is 6.30. The predicted molar refractivity (Wildman–Crippen MR) is 95.7 cm³/mol. The highest BCUT2D eigenvalue weighted by Gasteiger charge is 2.44. The topological polar surface area (TPSA) is 101 Å². The number of aryl methyl sites for hydroxylation is 1. The van der Waals surface area contributed by atoms with Crippen molar-refractivity contribution in [3.63, 3.8) is 0 Å². The molecule has 2 aromatic heterocycles. The summed E-state index contributed by atoms with van der Waals surface area (Å²) in [6.07, 6.45) is -1.34. The third kappa shape index (κ3) is 2.90. The van der Waals surface area contributed by atoms with E-state index >= 15 is 0 Å². The molecule has 3 aromatic rings. The lowest BCUT2D eigenvalue weighted by Crippen LogP contribution is -2.33. The molecule has 142 valence electrons. The van der Waals surface area contributed by atoms with Gasteiger partial charge in [-0.3, -0.25) is 0 Å². The highest BCUT2D eigenvalue weighted by atomic mass is 35.5. The fourth-order valence-corrected chi connectivity index (χ4v) is 3.54. The summed E-state index contributed by atoms with van der Waals surface area (Å²) in [5.41, 5.74) is 2.32. The molecule has 0 aliphatic carbocycles. The molecule has 0 bridgehead atoms. The Kier molecular flexibility index (Phi) is 4.61. The number of halogens is 2. The van der Waals surface area contributed by atoms with Crippen LogP contribution < -0.4 is 0 Å². The summed E-state index contributed by atoms with van der Waals surface area (Å²) in [6, 6.07) is 4.44. The Morgan fingerprint density at radius 3 is 2.70 bits per heavy atom. The molecule has 3 N–H and O–H groups in total. The van der Waals surface area contributed by atoms with Gasteiger partial charge in [-0.25, -0.2) is 14.4 Å². The van der Waals surface area contributed by atoms with Crippen LogP contribution >= 0.6 is 11.6 Å². The zero-order valence-electron chi connectivity index (χ0n) is 14.3. The average Bonchev–Trinajstić information content (AvgIpc) is 3.17. The van der Waals surface area contributed by atoms with Crippen molar-refractivity contribution in [1.29, 1.82) is 0 Å². The number of hydrogen-bond acceptors (Lipinski definition) is 6. The quantitative estimate of drug-likeness (QED) is 0.627. The fraction of sp³-hybridized carbons (Fsp3) is 0.333. The third-order valence-corrected chi connectivity index (χ3v) is 5.13. The van der Waals surface area contributed by atoms with E-state index in [-0.39, 0.29) is 5.02 Å². The Hall–Kier alpha value is -2.10. The minimum atomic E-state index is -1.26. The third-order valence-electron chi connectivity index (χ3n) is 4.82. The Balaban J connectivity index is 1.91. The Morgan fingerprint density at radius 2 is 2.04 bits per heavy atom. The molecule has 27 heavy (non-hydrogen) atoms. The van der Waals surface area contributed by atoms with Gasteiger partial charge in [0.1, 0.15) is 36.1 Å². The van der Waals surface area contributed by atoms with Gasteiger partial charge < -0.3 is 24.6 Å². The summed E-state index contributed by atoms with van der Waals surface area (Å²) < 4.78 is 21.2. The molecule has 9 heteroatoms. The Morgan fingerprint density at radius 1 is 1.26 bits per heavy atom. The van der Waals surface area contributed by atoms with Gasteiger partial charge in [-0.15, -0.1) is 0 Å². The summed E-state index contributed by atoms with van der Waals surface area (Å²) >= 11 is 5.78. The van der Waals surface area contributed by atoms with Crippen molar-refractivity contribution in [1.82, 2.24) is 14.5 Å². The van der Waals surface area contributed by atoms with Gasteiger partial charge in [-0.1, -0.05) is 17.7 Å². The van der Waals surface area contributed by atoms with E-state index in [9.17, 15) is 19.7 Å². The number of aliphatic hydroxyl groups excluding tert-OH is 3. The van der Waals surface area contributed by atoms with Gasteiger partial charge in [0.15, 0.2) is 6.23 Å². The van der Waals surface area contributed by atoms with E-state index in [2.05, 4.69) is 9.97 Å². The molecule has 0 unspecified atom stereocenters. The summed E-state index contributed by atoms with van der Waals surface area (Å²) in [5, 5.41) is 30.4. The van der Waals surface area contributed by atoms with Gasteiger partial charge in [0, 0.05) is 17.1 Å². The molecule has 1 aliphatic heterocycles. The first-order valence-corrected chi connectivity index (χ1v) is 8.70. The molecule has 4 rings (SSSR count). The molecule has 7 nitrogen and oxygen atoms in total. The summed E-state index contributed by atoms with van der Waals surface area (Å²) in [5.74, 6) is -0.558. The Labute approximate surface area is 158 Å². The van der Waals surface area contributed by atoms with Crippen LogP contribution in [0.15, 0.2) is 30.7 Å². The van der Waals surface area contributed by atoms with Gasteiger partial charge in [0.2, 0.25) is 0 Å². The van der Waals surface area contributed by atoms with Crippen LogP contribution in [0.5, 0.6) is 0 Å². The summed E-state index contributed by atoms with van der Waals surface area (Å²) in [4.78, 5) is 8.48. The molecule has 0 saturated carbocycles. The smallest absolute Gasteiger partial charge is 0.164 e. The van der Waals surface area contributed by atoms with E-state index in [4.69, 9.17) is 16.3 Å². The number of nitrogens with zero attached hydrogens (tertiary/aromatic N) is 3. The van der Waals surface area contributed by atoms with Crippen LogP contribution in [0.25, 0.3) is 22.2 Å². The molecular weight excluding hydrogens is 377 g/mol. The maximum atomic E-state index is 14.0. The second kappa shape index (κ2) is 6.81. The molecule has 4 atom stereocenters. The predicted octanol–water partition coefficient (Wildman–Crippen LogP) is 1.81. The number of hydrogen-bond donors (Lipinski definition) is 3. The van der Waals surface area contributed by atoms with Crippen molar-refractivity contribution in [2.75, 3.05) is 6.61 Å². The molecule has 0 amide bonds. The molecule has 0 spiro atoms. The van der Waals surface area contributed by atoms with Gasteiger partial charge in [-0.05, 0) is 24.6 Å². The molecule has 1 fully saturated rings. The van der Waals surface area contributed by atoms with E-state index in [0.29, 0.717) is 27.9 Å². The van der Waals surface area contributed by atoms with Crippen LogP contribution in [-0.4, -0.2) is 54.8 Å². The second-order valence-corrected chi connectivity index (χ2v) is 6.87. The second-order valence-electron chi connectivity index (χ2n) is 6.47. The van der Waals surface area contributed by atoms with E-state index in [1.165, 1.54) is 18.5 Å². The molecular formula is C18H17ClFN3O4. The number of fused-ring (bicyclic) bond motifs is 1. The molecule has 3 heterocycles. The zero-order valence-corrected chi connectivity index (χ0v) is 15.0. The van der Waals surface area contributed by atoms with Gasteiger partial charge in [-0.2, -0.15) is 0 Å². The van der Waals surface area contributed by atoms with Crippen LogP contribution in [0.4, 0.5) is 4.39 Å². The van der Waals surface area contributed by atoms with Gasteiger partial charge in [0.25, 0.3) is 0 Å². The van der Waals surface area contributed by atoms with Crippen molar-refractivity contribution >= 4 is 22.6 Å². The lowest BCUT2D eigenvalue weighted by Gasteiger charge is -2.17. The molecule has 1 aliphatic rings. The van der Waals surface area contributed by atoms with Crippen molar-refractivity contribution in [2.45, 2.75) is 31.5 Å². The Bertz CT molecular complexity index is 1010. The fourth-order valence-electron chi connectivity index (χ4n) is 3.42. The van der Waals surface area contributed by atoms with E-state index < -0.39 is 37.0 Å². The first kappa shape index (κ1) is 18.3. The van der Waals surface area contributed by atoms with Crippen LogP contribution in [0.3, 0.4) is 0 Å². The van der Waals surface area contributed by atoms with Crippen molar-refractivity contribution < 1.29 is 24.4 Å². The first-order valence-electron chi connectivity index (χ1n) is 8.32. The van der Waals surface area contributed by atoms with E-state index in [1.54, 1.807) is 23.8 Å². The minimum absolute atomic E-state index is 0.0129. The number of aliphatic hydroxyl groups is 3. The van der Waals surface area contributed by atoms with Crippen molar-refractivity contribution in [2.24, 2.45) is 0 Å². The number of ether oxygens (including phenoxy) is 1. The maximum absolute atomic E-state index is 14.0. The van der Waals surface area contributed by atoms with Crippen LogP contribution in [0.1, 0.15) is 11.9 Å². The summed E-state index contributed by atoms with van der Waals surface area (Å²) in [6.45, 7) is 1.36. The lowest BCUT2D eigenvalue weighted by atomic mass is 10.1. The van der Waals surface area contributed by atoms with Crippen molar-refractivity contribution in [3.05, 3.63) is 47.3 Å². The largest absolute Gasteiger partial charge is 0.394 e. The molecule has 1 saturated heterocycles. The molecule has 1 aromatic carbocycles. The first-order chi connectivity index (χ1) is 12.9. The maximum Gasteiger partial charge on any atom is 0.164 e. The SMILES string of the molecule is Cc1ncnc2c1c(-c1ccc(Cl)c(F)c1)cn2[C@@H]1O[C@H](CO)[C@@H](O)[C@H]1O. The van der Waals surface area contributed by atoms with E-state index in [1.807, 2.05) is 0 Å². The van der Waals surface area contributed by atoms with Crippen LogP contribution in [-0.2, 0) is 4.74 Å². The normalized spacial score (nSPS) is 25.4. The highest BCUT2D eigenvalue weighted by Crippen LogP contribution is 2.38. The zero-order chi connectivity index (χ0) is 19.3. The number of aromatic nitrogens is 3. The van der Waals surface area contributed by atoms with Crippen LogP contribution in [0, 0.1) is 12.7 Å². The monoisotopic (exact) mass is 393 g/mol. The summed E-state index contributed by atoms with van der Waals surface area (Å²) in [7, 11) is 0. The van der Waals surface area contributed by atoms with E-state index in [0.717, 1.165) is 0 Å². The standard InChI is InChI=1S/C18H17ClFN3O4/c1-8-14-10(9-2-3-11(19)12(20)4-9)5-23(17(14)22-7-21-8)18-16(26)15(25)13(6-24)27-18/h2-5,7,13,15-16,18,24-26H,6H2,1H3/t13-,15-,16-,18-/m1/s1. The van der Waals surface area contributed by atoms with Crippen LogP contribution in [0.2, 0.25) is 5.02 Å². The number of benzene rings is 1. The van der Waals surface area contributed by atoms with Crippen molar-refractivity contribution in [3.8, 4) is 11.1 Å². The lowest BCUT2D eigenvalue weighted by molar-refractivity contribution is -0.0508. The average molecular weight is 394 g/mol. The molecule has 0 radical (unpaired) electrons. The minimum Gasteiger partial charge on any atom is -0.394 e.